The minimum atomic E-state index is -4.11. The van der Waals surface area contributed by atoms with Crippen molar-refractivity contribution in [1.29, 1.82) is 0 Å². The van der Waals surface area contributed by atoms with E-state index in [9.17, 15) is 18.0 Å². The van der Waals surface area contributed by atoms with Crippen LogP contribution in [0.3, 0.4) is 0 Å². The molecule has 0 aliphatic rings. The topological polar surface area (TPSA) is 86.8 Å². The van der Waals surface area contributed by atoms with Crippen molar-refractivity contribution in [2.75, 3.05) is 10.8 Å². The lowest BCUT2D eigenvalue weighted by Gasteiger charge is -2.32. The molecule has 0 aliphatic carbocycles. The molecule has 0 fully saturated rings. The lowest BCUT2D eigenvalue weighted by atomic mass is 10.1. The highest BCUT2D eigenvalue weighted by Crippen LogP contribution is 2.27. The Labute approximate surface area is 236 Å². The second kappa shape index (κ2) is 13.1. The van der Waals surface area contributed by atoms with Crippen molar-refractivity contribution < 1.29 is 18.0 Å². The van der Waals surface area contributed by atoms with Crippen LogP contribution < -0.4 is 9.62 Å². The lowest BCUT2D eigenvalue weighted by molar-refractivity contribution is -0.139. The van der Waals surface area contributed by atoms with Gasteiger partial charge < -0.3 is 10.2 Å². The summed E-state index contributed by atoms with van der Waals surface area (Å²) in [6, 6.07) is 19.5. The second-order valence-corrected chi connectivity index (χ2v) is 12.0. The number of carbonyl (C=O) groups excluding carboxylic acids is 2. The average molecular weight is 570 g/mol. The molecule has 3 rings (SSSR count). The van der Waals surface area contributed by atoms with E-state index in [-0.39, 0.29) is 23.4 Å². The van der Waals surface area contributed by atoms with E-state index in [0.29, 0.717) is 16.3 Å². The van der Waals surface area contributed by atoms with Gasteiger partial charge in [-0.05, 0) is 81.1 Å². The molecule has 2 amide bonds. The van der Waals surface area contributed by atoms with E-state index < -0.39 is 28.5 Å². The standard InChI is InChI=1S/C30H36ClN3O4S/c1-6-23(4)32-30(36)24(5)33(19-25-12-10-11-15-28(25)31)29(35)20-34(26-17-21(2)16-22(3)18-26)39(37,38)27-13-8-7-9-14-27/h7-18,23-24H,6,19-20H2,1-5H3,(H,32,36)/t23-,24-/m1/s1. The predicted octanol–water partition coefficient (Wildman–Crippen LogP) is 5.48. The third kappa shape index (κ3) is 7.61. The van der Waals surface area contributed by atoms with Gasteiger partial charge >= 0.3 is 0 Å². The third-order valence-corrected chi connectivity index (χ3v) is 8.73. The number of benzene rings is 3. The van der Waals surface area contributed by atoms with Gasteiger partial charge in [-0.25, -0.2) is 8.42 Å². The molecule has 0 spiro atoms. The first-order chi connectivity index (χ1) is 18.4. The van der Waals surface area contributed by atoms with Crippen LogP contribution in [0, 0.1) is 13.8 Å². The Kier molecular flexibility index (Phi) is 10.2. The van der Waals surface area contributed by atoms with E-state index in [0.717, 1.165) is 21.9 Å². The Morgan fingerprint density at radius 3 is 2.10 bits per heavy atom. The van der Waals surface area contributed by atoms with Crippen LogP contribution in [0.4, 0.5) is 5.69 Å². The summed E-state index contributed by atoms with van der Waals surface area (Å²) < 4.78 is 28.9. The zero-order valence-corrected chi connectivity index (χ0v) is 24.6. The van der Waals surface area contributed by atoms with Gasteiger partial charge in [0, 0.05) is 17.6 Å². The van der Waals surface area contributed by atoms with Gasteiger partial charge in [0.2, 0.25) is 11.8 Å². The van der Waals surface area contributed by atoms with Crippen LogP contribution in [0.25, 0.3) is 0 Å². The number of rotatable bonds is 11. The number of halogens is 1. The van der Waals surface area contributed by atoms with Gasteiger partial charge in [0.15, 0.2) is 0 Å². The monoisotopic (exact) mass is 569 g/mol. The Bertz CT molecular complexity index is 1390. The molecule has 0 aromatic heterocycles. The van der Waals surface area contributed by atoms with Crippen LogP contribution in [-0.4, -0.2) is 43.8 Å². The van der Waals surface area contributed by atoms with Gasteiger partial charge in [0.1, 0.15) is 12.6 Å². The van der Waals surface area contributed by atoms with Gasteiger partial charge in [-0.15, -0.1) is 0 Å². The molecule has 3 aromatic carbocycles. The Hall–Kier alpha value is -3.36. The van der Waals surface area contributed by atoms with Crippen molar-refractivity contribution in [3.8, 4) is 0 Å². The highest BCUT2D eigenvalue weighted by molar-refractivity contribution is 7.92. The molecule has 0 radical (unpaired) electrons. The molecule has 1 N–H and O–H groups in total. The number of sulfonamides is 1. The molecule has 0 heterocycles. The van der Waals surface area contributed by atoms with Crippen LogP contribution in [0.1, 0.15) is 43.9 Å². The Morgan fingerprint density at radius 2 is 1.51 bits per heavy atom. The second-order valence-electron chi connectivity index (χ2n) is 9.78. The fourth-order valence-corrected chi connectivity index (χ4v) is 5.82. The lowest BCUT2D eigenvalue weighted by Crippen LogP contribution is -2.52. The summed E-state index contributed by atoms with van der Waals surface area (Å²) in [6.07, 6.45) is 0.729. The number of hydrogen-bond acceptors (Lipinski definition) is 4. The van der Waals surface area contributed by atoms with Crippen molar-refractivity contribution in [2.45, 2.75) is 64.6 Å². The molecular weight excluding hydrogens is 534 g/mol. The van der Waals surface area contributed by atoms with Crippen LogP contribution in [0.15, 0.2) is 77.7 Å². The normalized spacial score (nSPS) is 12.9. The van der Waals surface area contributed by atoms with E-state index in [1.54, 1.807) is 61.5 Å². The summed E-state index contributed by atoms with van der Waals surface area (Å²) in [5.74, 6) is -0.853. The van der Waals surface area contributed by atoms with Crippen LogP contribution in [-0.2, 0) is 26.2 Å². The maximum Gasteiger partial charge on any atom is 0.264 e. The van der Waals surface area contributed by atoms with Crippen molar-refractivity contribution >= 4 is 39.1 Å². The largest absolute Gasteiger partial charge is 0.352 e. The molecule has 9 heteroatoms. The first-order valence-corrected chi connectivity index (χ1v) is 14.7. The summed E-state index contributed by atoms with van der Waals surface area (Å²) in [4.78, 5) is 28.6. The zero-order chi connectivity index (χ0) is 28.7. The molecule has 39 heavy (non-hydrogen) atoms. The molecule has 2 atom stereocenters. The van der Waals surface area contributed by atoms with Crippen molar-refractivity contribution in [3.05, 3.63) is 94.5 Å². The van der Waals surface area contributed by atoms with E-state index in [1.807, 2.05) is 33.8 Å². The van der Waals surface area contributed by atoms with Crippen LogP contribution in [0.5, 0.6) is 0 Å². The first kappa shape index (κ1) is 30.2. The molecule has 0 unspecified atom stereocenters. The molecule has 0 aliphatic heterocycles. The summed E-state index contributed by atoms with van der Waals surface area (Å²) in [7, 11) is -4.11. The number of hydrogen-bond donors (Lipinski definition) is 1. The van der Waals surface area contributed by atoms with Crippen molar-refractivity contribution in [3.63, 3.8) is 0 Å². The first-order valence-electron chi connectivity index (χ1n) is 12.9. The van der Waals surface area contributed by atoms with Crippen LogP contribution >= 0.6 is 11.6 Å². The molecule has 0 saturated carbocycles. The Balaban J connectivity index is 2.06. The van der Waals surface area contributed by atoms with Gasteiger partial charge in [-0.3, -0.25) is 13.9 Å². The number of amides is 2. The highest BCUT2D eigenvalue weighted by Gasteiger charge is 2.33. The summed E-state index contributed by atoms with van der Waals surface area (Å²) in [6.45, 7) is 8.77. The quantitative estimate of drug-likeness (QED) is 0.331. The molecule has 3 aromatic rings. The fraction of sp³-hybridized carbons (Fsp3) is 0.333. The SMILES string of the molecule is CC[C@@H](C)NC(=O)[C@@H](C)N(Cc1ccccc1Cl)C(=O)CN(c1cc(C)cc(C)c1)S(=O)(=O)c1ccccc1. The maximum atomic E-state index is 14.0. The minimum Gasteiger partial charge on any atom is -0.352 e. The Morgan fingerprint density at radius 1 is 0.923 bits per heavy atom. The van der Waals surface area contributed by atoms with Crippen LogP contribution in [0.2, 0.25) is 5.02 Å². The summed E-state index contributed by atoms with van der Waals surface area (Å²) in [5.41, 5.74) is 2.75. The molecule has 208 valence electrons. The highest BCUT2D eigenvalue weighted by atomic mass is 35.5. The van der Waals surface area contributed by atoms with Gasteiger partial charge in [0.05, 0.1) is 10.6 Å². The number of nitrogens with one attached hydrogen (secondary N) is 1. The van der Waals surface area contributed by atoms with Crippen molar-refractivity contribution in [1.82, 2.24) is 10.2 Å². The van der Waals surface area contributed by atoms with E-state index in [2.05, 4.69) is 5.32 Å². The van der Waals surface area contributed by atoms with E-state index >= 15 is 0 Å². The number of nitrogens with zero attached hydrogens (tertiary/aromatic N) is 2. The van der Waals surface area contributed by atoms with E-state index in [4.69, 9.17) is 11.6 Å². The van der Waals surface area contributed by atoms with Gasteiger partial charge in [-0.1, -0.05) is 61.0 Å². The molecule has 0 bridgehead atoms. The fourth-order valence-electron chi connectivity index (χ4n) is 4.20. The number of carbonyl (C=O) groups is 2. The predicted molar refractivity (Wildman–Crippen MR) is 156 cm³/mol. The molecule has 7 nitrogen and oxygen atoms in total. The zero-order valence-electron chi connectivity index (χ0n) is 23.0. The average Bonchev–Trinajstić information content (AvgIpc) is 2.90. The number of aryl methyl sites for hydroxylation is 2. The number of anilines is 1. The molecular formula is C30H36ClN3O4S. The maximum absolute atomic E-state index is 14.0. The molecule has 0 saturated heterocycles. The smallest absolute Gasteiger partial charge is 0.264 e. The van der Waals surface area contributed by atoms with Crippen molar-refractivity contribution in [2.24, 2.45) is 0 Å². The van der Waals surface area contributed by atoms with Gasteiger partial charge in [-0.2, -0.15) is 0 Å². The summed E-state index contributed by atoms with van der Waals surface area (Å²) >= 11 is 6.41. The summed E-state index contributed by atoms with van der Waals surface area (Å²) in [5, 5.41) is 3.38. The van der Waals surface area contributed by atoms with Gasteiger partial charge in [0.25, 0.3) is 10.0 Å². The minimum absolute atomic E-state index is 0.0413. The third-order valence-electron chi connectivity index (χ3n) is 6.57. The van der Waals surface area contributed by atoms with E-state index in [1.165, 1.54) is 17.0 Å².